The van der Waals surface area contributed by atoms with E-state index in [0.29, 0.717) is 44.0 Å². The molecule has 0 saturated heterocycles. The molecule has 0 spiro atoms. The van der Waals surface area contributed by atoms with Crippen molar-refractivity contribution in [1.29, 1.82) is 0 Å². The third-order valence-electron chi connectivity index (χ3n) is 22.7. The van der Waals surface area contributed by atoms with Gasteiger partial charge >= 0.3 is 0 Å². The quantitative estimate of drug-likeness (QED) is 0.0209. The predicted octanol–water partition coefficient (Wildman–Crippen LogP) is 15.8. The van der Waals surface area contributed by atoms with Gasteiger partial charge in [0, 0.05) is 60.3 Å². The first-order valence-electron chi connectivity index (χ1n) is 40.2. The molecule has 8 aromatic carbocycles. The summed E-state index contributed by atoms with van der Waals surface area (Å²) in [6, 6.07) is 50.4. The van der Waals surface area contributed by atoms with Gasteiger partial charge in [0.05, 0.1) is 35.5 Å². The van der Waals surface area contributed by atoms with Crippen molar-refractivity contribution < 1.29 is 86.4 Å². The molecular weight excluding hydrogens is 1620 g/mol. The van der Waals surface area contributed by atoms with E-state index in [1.165, 1.54) is 55.4 Å². The highest BCUT2D eigenvalue weighted by Crippen LogP contribution is 2.60. The molecule has 644 valence electrons. The lowest BCUT2D eigenvalue weighted by atomic mass is 9.49. The van der Waals surface area contributed by atoms with Gasteiger partial charge in [-0.25, -0.2) is 44.9 Å². The Bertz CT molecular complexity index is 5390. The first kappa shape index (κ1) is 92.7. The zero-order chi connectivity index (χ0) is 88.1. The Kier molecular flexibility index (Phi) is 32.5. The Hall–Kier alpha value is -11.6. The number of fused-ring (bicyclic) bond motifs is 2. The molecule has 5 fully saturated rings. The largest absolute Gasteiger partial charge is 0.451 e. The molecule has 2 aromatic heterocycles. The van der Waals surface area contributed by atoms with Crippen LogP contribution in [0.25, 0.3) is 21.1 Å². The monoisotopic (exact) mass is 1720 g/mol. The van der Waals surface area contributed by atoms with Crippen molar-refractivity contribution in [1.82, 2.24) is 53.4 Å². The van der Waals surface area contributed by atoms with Crippen molar-refractivity contribution >= 4 is 107 Å². The van der Waals surface area contributed by atoms with Crippen molar-refractivity contribution in [3.63, 3.8) is 0 Å². The topological polar surface area (TPSA) is 422 Å². The minimum Gasteiger partial charge on any atom is -0.451 e. The molecular formula is C91H102ClFN10O17S2. The third-order valence-corrected chi connectivity index (χ3v) is 25.6. The summed E-state index contributed by atoms with van der Waals surface area (Å²) in [5.74, 6) is -0.747. The normalized spacial score (nSPS) is 17.5. The van der Waals surface area contributed by atoms with Crippen LogP contribution >= 0.6 is 22.9 Å². The summed E-state index contributed by atoms with van der Waals surface area (Å²) in [5.41, 5.74) is 15.8. The number of furan rings is 1. The van der Waals surface area contributed by atoms with E-state index in [4.69, 9.17) is 42.1 Å². The Morgan fingerprint density at radius 3 is 1.39 bits per heavy atom. The molecule has 9 amide bonds. The van der Waals surface area contributed by atoms with Gasteiger partial charge in [-0.15, -0.1) is 11.3 Å². The van der Waals surface area contributed by atoms with Gasteiger partial charge < -0.3 is 25.7 Å². The lowest BCUT2D eigenvalue weighted by Gasteiger charge is -2.55. The fourth-order valence-corrected chi connectivity index (χ4v) is 19.0. The maximum Gasteiger partial charge on any atom is 0.287 e. The molecule has 0 aliphatic heterocycles. The van der Waals surface area contributed by atoms with E-state index in [-0.39, 0.29) is 87.7 Å². The number of carbonyl (C=O) groups is 9. The van der Waals surface area contributed by atoms with Crippen LogP contribution in [0.3, 0.4) is 0 Å². The smallest absolute Gasteiger partial charge is 0.287 e. The van der Waals surface area contributed by atoms with Crippen LogP contribution < -0.4 is 53.4 Å². The van der Waals surface area contributed by atoms with Crippen LogP contribution in [0, 0.1) is 47.7 Å². The summed E-state index contributed by atoms with van der Waals surface area (Å²) in [4.78, 5) is 107. The molecule has 5 saturated carbocycles. The number of benzene rings is 8. The number of rotatable bonds is 23. The van der Waals surface area contributed by atoms with E-state index in [1.807, 2.05) is 88.5 Å². The molecule has 5 atom stereocenters. The highest BCUT2D eigenvalue weighted by Gasteiger charge is 2.55. The molecule has 10 aromatic rings. The van der Waals surface area contributed by atoms with Crippen LogP contribution in [-0.2, 0) is 30.8 Å². The molecule has 4 bridgehead atoms. The van der Waals surface area contributed by atoms with Gasteiger partial charge in [0.15, 0.2) is 5.76 Å². The number of hydrogen-bond acceptors (Lipinski definition) is 18. The minimum atomic E-state index is -3.90. The number of aryl methyl sites for hydroxylation is 1. The van der Waals surface area contributed by atoms with Crippen molar-refractivity contribution in [2.75, 3.05) is 0 Å². The highest BCUT2D eigenvalue weighted by atomic mass is 35.5. The molecule has 31 heteroatoms. The van der Waals surface area contributed by atoms with Crippen LogP contribution in [0.15, 0.2) is 203 Å². The van der Waals surface area contributed by atoms with Crippen molar-refractivity contribution in [2.24, 2.45) is 35.0 Å². The summed E-state index contributed by atoms with van der Waals surface area (Å²) in [5, 5.41) is 59.9. The maximum atomic E-state index is 13.3. The zero-order valence-electron chi connectivity index (χ0n) is 68.4. The number of nitrogens with one attached hydrogen (secondary N) is 10. The Morgan fingerprint density at radius 1 is 0.500 bits per heavy atom. The number of thiophene rings is 1. The molecule has 15 N–H and O–H groups in total. The van der Waals surface area contributed by atoms with E-state index in [0.717, 1.165) is 112 Å². The number of hydrogen-bond donors (Lipinski definition) is 15. The lowest BCUT2D eigenvalue weighted by Crippen LogP contribution is -2.53. The summed E-state index contributed by atoms with van der Waals surface area (Å²) >= 11 is 7.69. The van der Waals surface area contributed by atoms with Gasteiger partial charge in [-0.05, 0) is 262 Å². The number of para-hydroxylation sites is 1. The van der Waals surface area contributed by atoms with Gasteiger partial charge in [0.25, 0.3) is 35.4 Å². The zero-order valence-corrected chi connectivity index (χ0v) is 70.8. The predicted molar refractivity (Wildman–Crippen MR) is 457 cm³/mol. The van der Waals surface area contributed by atoms with E-state index in [1.54, 1.807) is 156 Å². The van der Waals surface area contributed by atoms with Gasteiger partial charge in [0.1, 0.15) is 11.4 Å². The summed E-state index contributed by atoms with van der Waals surface area (Å²) in [6.07, 6.45) is 12.9. The number of carbonyl (C=O) groups excluding carboxylic acids is 9. The summed E-state index contributed by atoms with van der Waals surface area (Å²) in [6.45, 7) is 13.0. The number of sulfonamides is 1. The molecule has 0 radical (unpaired) electrons. The second kappa shape index (κ2) is 42.8. The van der Waals surface area contributed by atoms with E-state index >= 15 is 0 Å². The Balaban J connectivity index is 0.000000160. The van der Waals surface area contributed by atoms with E-state index in [9.17, 15) is 56.0 Å². The average Bonchev–Trinajstić information content (AvgIpc) is 1.13. The standard InChI is InChI=1S/C21H21ClN2O3S.C20H26N2O3.C18H16N2O4.C16H17FN2O4S.C16H22N2O3/c1-12(2)20(13-3-5-14(6-4-13)21(26)24-27)23-19(25)9-15-11-28-18-8-7-16(22)10-17(15)18;1-12(16-2-4-17(5-3-16)18(23)22-25)21-19(24)20-9-13-6-14(10-20)8-15(7-13)11-20;1-11(12-6-8-13(9-7-12)17(21)20-23)19-18(22)16-10-14-4-2-3-5-15(14)24-16;1-10-3-8-14(17)9-15(10)24(22,23)19-11(2)12-4-6-13(7-5-12)16(20)18-21;1-11(17-15(19)13-5-3-2-4-6-13)12-7-9-14(10-8-12)16(20)18-21/h3-8,10-12,20,27H,9H2,1-2H3,(H,23,25)(H,24,26);2-5,12-15,25H,6-11H2,1H3,(H,21,24)(H,22,23);2-11,23H,1H3,(H,19,22)(H,20,21);3-9,11,19,21H,1-2H3,(H,18,20);7-11,13,21H,2-6H2,1H3,(H,17,19)(H,18,20)/t;12-,13?,14?,15?,20?;;;/m.1.../s1. The molecule has 5 aliphatic carbocycles. The Morgan fingerprint density at radius 2 is 0.934 bits per heavy atom. The molecule has 122 heavy (non-hydrogen) atoms. The lowest BCUT2D eigenvalue weighted by molar-refractivity contribution is -0.147. The molecule has 2 heterocycles. The van der Waals surface area contributed by atoms with Gasteiger partial charge in [-0.2, -0.15) is 0 Å². The van der Waals surface area contributed by atoms with Crippen molar-refractivity contribution in [3.8, 4) is 0 Å². The molecule has 4 unspecified atom stereocenters. The maximum absolute atomic E-state index is 13.3. The van der Waals surface area contributed by atoms with Crippen LogP contribution in [-0.4, -0.2) is 87.6 Å². The average molecular weight is 1730 g/mol. The van der Waals surface area contributed by atoms with Crippen LogP contribution in [0.2, 0.25) is 5.02 Å². The first-order chi connectivity index (χ1) is 58.3. The molecule has 27 nitrogen and oxygen atoms in total. The second-order valence-corrected chi connectivity index (χ2v) is 34.8. The summed E-state index contributed by atoms with van der Waals surface area (Å²) in [7, 11) is -3.90. The number of hydroxylamine groups is 5. The minimum absolute atomic E-state index is 0.0736. The summed E-state index contributed by atoms with van der Waals surface area (Å²) < 4.78 is 47.3. The van der Waals surface area contributed by atoms with Gasteiger partial charge in [-0.3, -0.25) is 69.2 Å². The highest BCUT2D eigenvalue weighted by molar-refractivity contribution is 7.89. The van der Waals surface area contributed by atoms with E-state index < -0.39 is 51.4 Å². The van der Waals surface area contributed by atoms with Crippen LogP contribution in [0.1, 0.15) is 244 Å². The molecule has 5 aliphatic rings. The van der Waals surface area contributed by atoms with Crippen molar-refractivity contribution in [3.05, 3.63) is 277 Å². The Labute approximate surface area is 715 Å². The second-order valence-electron chi connectivity index (χ2n) is 31.7. The number of amides is 9. The fourth-order valence-electron chi connectivity index (χ4n) is 16.4. The first-order valence-corrected chi connectivity index (χ1v) is 42.9. The number of halogens is 2. The van der Waals surface area contributed by atoms with Crippen molar-refractivity contribution in [2.45, 2.75) is 161 Å². The SMILES string of the molecule is CC(C)C(NC(=O)Cc1csc2ccc(Cl)cc12)c1ccc(C(=O)NO)cc1.CC(NC(=O)C1CCCCC1)c1ccc(C(=O)NO)cc1.CC(NC(=O)c1cc2ccccc2o1)c1ccc(C(=O)NO)cc1.C[C@@H](NC(=O)C12CC3CC(CC(C3)C1)C2)c1ccc(C(=O)NO)cc1.Cc1ccc(F)cc1S(=O)(=O)NC(C)c1ccc(C(=O)NO)cc1. The van der Waals surface area contributed by atoms with Crippen LogP contribution in [0.4, 0.5) is 4.39 Å². The third kappa shape index (κ3) is 24.4. The van der Waals surface area contributed by atoms with E-state index in [2.05, 4.69) is 26.0 Å². The van der Waals surface area contributed by atoms with Crippen LogP contribution in [0.5, 0.6) is 0 Å². The fraction of sp³-hybridized carbons (Fsp3) is 0.330. The van der Waals surface area contributed by atoms with Gasteiger partial charge in [-0.1, -0.05) is 130 Å². The van der Waals surface area contributed by atoms with Gasteiger partial charge in [0.2, 0.25) is 27.7 Å². The molecule has 15 rings (SSSR count).